The van der Waals surface area contributed by atoms with Crippen molar-refractivity contribution in [1.29, 1.82) is 0 Å². The van der Waals surface area contributed by atoms with Gasteiger partial charge in [-0.25, -0.2) is 8.42 Å². The minimum absolute atomic E-state index is 0.0206. The second-order valence-corrected chi connectivity index (χ2v) is 17.5. The summed E-state index contributed by atoms with van der Waals surface area (Å²) in [6.45, 7) is 10.1. The van der Waals surface area contributed by atoms with E-state index in [1.54, 1.807) is 38.1 Å². The number of sulfone groups is 1. The van der Waals surface area contributed by atoms with Gasteiger partial charge in [0.15, 0.2) is 9.84 Å². The van der Waals surface area contributed by atoms with Crippen LogP contribution in [-0.4, -0.2) is 71.8 Å². The standard InChI is InChI=1S/C36H53N3O5S/c1-35(2,3)38-34(42)31-21-28-18-12-13-19-29(28)23-39(31)24-32(40)30(20-26-14-8-6-9-15-26)37-33(41)22-36(4,5)45(43,44)25-27-16-10-7-11-17-27/h6-11,14-17,28-32,40H,12-13,18-25H2,1-5H3,(H,37,41)(H,38,42)/t28?,29?,30?,31?,32-/m1/s1. The van der Waals surface area contributed by atoms with E-state index < -0.39 is 32.6 Å². The Labute approximate surface area is 270 Å². The molecule has 1 saturated carbocycles. The zero-order chi connectivity index (χ0) is 32.8. The van der Waals surface area contributed by atoms with Crippen molar-refractivity contribution in [1.82, 2.24) is 15.5 Å². The molecular formula is C36H53N3O5S. The van der Waals surface area contributed by atoms with Gasteiger partial charge in [0.2, 0.25) is 11.8 Å². The molecule has 248 valence electrons. The van der Waals surface area contributed by atoms with Gasteiger partial charge in [-0.15, -0.1) is 0 Å². The van der Waals surface area contributed by atoms with Gasteiger partial charge in [-0.2, -0.15) is 0 Å². The first-order chi connectivity index (χ1) is 21.1. The van der Waals surface area contributed by atoms with Crippen LogP contribution in [0.2, 0.25) is 0 Å². The number of carbonyl (C=O) groups excluding carboxylic acids is 2. The SMILES string of the molecule is CC(C)(C)NC(=O)C1CC2CCCCC2CN1C[C@@H](O)C(Cc1ccccc1)NC(=O)CC(C)(C)S(=O)(=O)Cc1ccccc1. The number of amides is 2. The Morgan fingerprint density at radius 1 is 0.911 bits per heavy atom. The molecule has 1 saturated heterocycles. The van der Waals surface area contributed by atoms with Gasteiger partial charge < -0.3 is 15.7 Å². The maximum Gasteiger partial charge on any atom is 0.237 e. The summed E-state index contributed by atoms with van der Waals surface area (Å²) in [6.07, 6.45) is 4.59. The highest BCUT2D eigenvalue weighted by atomic mass is 32.2. The summed E-state index contributed by atoms with van der Waals surface area (Å²) in [5, 5.41) is 17.9. The van der Waals surface area contributed by atoms with E-state index in [1.807, 2.05) is 57.2 Å². The highest BCUT2D eigenvalue weighted by Crippen LogP contribution is 2.39. The molecule has 9 heteroatoms. The summed E-state index contributed by atoms with van der Waals surface area (Å²) in [5.41, 5.74) is 1.25. The van der Waals surface area contributed by atoms with Gasteiger partial charge in [0.1, 0.15) is 0 Å². The largest absolute Gasteiger partial charge is 0.390 e. The van der Waals surface area contributed by atoms with Crippen LogP contribution in [0.3, 0.4) is 0 Å². The third-order valence-electron chi connectivity index (χ3n) is 9.46. The van der Waals surface area contributed by atoms with E-state index in [0.29, 0.717) is 23.8 Å². The van der Waals surface area contributed by atoms with Crippen LogP contribution < -0.4 is 10.6 Å². The fourth-order valence-electron chi connectivity index (χ4n) is 6.89. The number of aliphatic hydroxyl groups excluding tert-OH is 1. The molecule has 4 rings (SSSR count). The topological polar surface area (TPSA) is 116 Å². The lowest BCUT2D eigenvalue weighted by Gasteiger charge is -2.47. The van der Waals surface area contributed by atoms with Crippen LogP contribution in [-0.2, 0) is 31.6 Å². The van der Waals surface area contributed by atoms with Crippen LogP contribution in [0.25, 0.3) is 0 Å². The van der Waals surface area contributed by atoms with Crippen LogP contribution in [0.5, 0.6) is 0 Å². The van der Waals surface area contributed by atoms with Gasteiger partial charge in [-0.05, 0) is 76.8 Å². The minimum Gasteiger partial charge on any atom is -0.390 e. The number of likely N-dealkylation sites (tertiary alicyclic amines) is 1. The van der Waals surface area contributed by atoms with Crippen molar-refractivity contribution >= 4 is 21.7 Å². The van der Waals surface area contributed by atoms with Crippen molar-refractivity contribution in [3.63, 3.8) is 0 Å². The fourth-order valence-corrected chi connectivity index (χ4v) is 8.26. The molecule has 0 radical (unpaired) electrons. The van der Waals surface area contributed by atoms with Crippen molar-refractivity contribution in [2.45, 2.75) is 114 Å². The summed E-state index contributed by atoms with van der Waals surface area (Å²) in [4.78, 5) is 29.2. The molecule has 0 aromatic heterocycles. The lowest BCUT2D eigenvalue weighted by Crippen LogP contribution is -2.60. The number of hydrogen-bond donors (Lipinski definition) is 3. The smallest absolute Gasteiger partial charge is 0.237 e. The highest BCUT2D eigenvalue weighted by molar-refractivity contribution is 7.92. The normalized spacial score (nSPS) is 22.6. The first kappa shape index (κ1) is 35.1. The quantitative estimate of drug-likeness (QED) is 0.311. The molecule has 1 aliphatic heterocycles. The number of aliphatic hydroxyl groups is 1. The second kappa shape index (κ2) is 14.8. The first-order valence-electron chi connectivity index (χ1n) is 16.5. The Morgan fingerprint density at radius 2 is 1.49 bits per heavy atom. The second-order valence-electron chi connectivity index (χ2n) is 14.9. The molecule has 0 spiro atoms. The molecule has 5 atom stereocenters. The molecule has 4 unspecified atom stereocenters. The summed E-state index contributed by atoms with van der Waals surface area (Å²) < 4.78 is 25.4. The van der Waals surface area contributed by atoms with Crippen molar-refractivity contribution in [3.8, 4) is 0 Å². The van der Waals surface area contributed by atoms with E-state index in [1.165, 1.54) is 12.8 Å². The number of rotatable bonds is 12. The van der Waals surface area contributed by atoms with Crippen LogP contribution in [0, 0.1) is 11.8 Å². The predicted molar refractivity (Wildman–Crippen MR) is 179 cm³/mol. The maximum absolute atomic E-state index is 13.5. The monoisotopic (exact) mass is 639 g/mol. The van der Waals surface area contributed by atoms with Gasteiger partial charge in [-0.1, -0.05) is 79.9 Å². The van der Waals surface area contributed by atoms with Crippen LogP contribution in [0.1, 0.15) is 84.3 Å². The molecule has 45 heavy (non-hydrogen) atoms. The average Bonchev–Trinajstić information content (AvgIpc) is 2.96. The molecule has 8 nitrogen and oxygen atoms in total. The minimum atomic E-state index is -3.66. The molecule has 3 N–H and O–H groups in total. The number of piperidine rings is 1. The zero-order valence-electron chi connectivity index (χ0n) is 27.7. The Hall–Kier alpha value is -2.75. The van der Waals surface area contributed by atoms with E-state index in [-0.39, 0.29) is 36.2 Å². The Kier molecular flexibility index (Phi) is 11.5. The fraction of sp³-hybridized carbons (Fsp3) is 0.611. The van der Waals surface area contributed by atoms with Crippen LogP contribution in [0.4, 0.5) is 0 Å². The molecule has 2 fully saturated rings. The summed E-state index contributed by atoms with van der Waals surface area (Å²) >= 11 is 0. The molecule has 1 heterocycles. The molecule has 0 bridgehead atoms. The van der Waals surface area contributed by atoms with Gasteiger partial charge in [0, 0.05) is 25.0 Å². The van der Waals surface area contributed by atoms with Gasteiger partial charge >= 0.3 is 0 Å². The van der Waals surface area contributed by atoms with E-state index in [2.05, 4.69) is 15.5 Å². The molecule has 1 aliphatic carbocycles. The number of nitrogens with zero attached hydrogens (tertiary/aromatic N) is 1. The zero-order valence-corrected chi connectivity index (χ0v) is 28.5. The number of carbonyl (C=O) groups is 2. The van der Waals surface area contributed by atoms with Gasteiger partial charge in [-0.3, -0.25) is 14.5 Å². The lowest BCUT2D eigenvalue weighted by molar-refractivity contribution is -0.133. The summed E-state index contributed by atoms with van der Waals surface area (Å²) in [5.74, 6) is 0.391. The van der Waals surface area contributed by atoms with Gasteiger partial charge in [0.05, 0.1) is 28.7 Å². The lowest BCUT2D eigenvalue weighted by atomic mass is 9.72. The first-order valence-corrected chi connectivity index (χ1v) is 18.1. The molecule has 2 amide bonds. The maximum atomic E-state index is 13.5. The third-order valence-corrected chi connectivity index (χ3v) is 12.0. The van der Waals surface area contributed by atoms with Crippen molar-refractivity contribution < 1.29 is 23.1 Å². The molecule has 2 aromatic rings. The van der Waals surface area contributed by atoms with Crippen molar-refractivity contribution in [3.05, 3.63) is 71.8 Å². The van der Waals surface area contributed by atoms with E-state index in [0.717, 1.165) is 31.4 Å². The molecule has 2 aliphatic rings. The van der Waals surface area contributed by atoms with Crippen molar-refractivity contribution in [2.24, 2.45) is 11.8 Å². The number of benzene rings is 2. The van der Waals surface area contributed by atoms with Crippen LogP contribution in [0.15, 0.2) is 60.7 Å². The summed E-state index contributed by atoms with van der Waals surface area (Å²) in [7, 11) is -3.66. The predicted octanol–water partition coefficient (Wildman–Crippen LogP) is 4.65. The highest BCUT2D eigenvalue weighted by Gasteiger charge is 2.42. The number of hydrogen-bond acceptors (Lipinski definition) is 6. The average molecular weight is 640 g/mol. The third kappa shape index (κ3) is 9.87. The Morgan fingerprint density at radius 3 is 2.09 bits per heavy atom. The van der Waals surface area contributed by atoms with Crippen LogP contribution >= 0.6 is 0 Å². The number of β-amino-alcohol motifs (C(OH)–C–C–N with tert-alkyl or cyclic N) is 1. The number of nitrogens with one attached hydrogen (secondary N) is 2. The molecule has 2 aromatic carbocycles. The Balaban J connectivity index is 1.51. The molecular weight excluding hydrogens is 586 g/mol. The Bertz CT molecular complexity index is 1370. The van der Waals surface area contributed by atoms with E-state index >= 15 is 0 Å². The van der Waals surface area contributed by atoms with Gasteiger partial charge in [0.25, 0.3) is 0 Å². The summed E-state index contributed by atoms with van der Waals surface area (Å²) in [6, 6.07) is 17.6. The van der Waals surface area contributed by atoms with E-state index in [9.17, 15) is 23.1 Å². The number of fused-ring (bicyclic) bond motifs is 1. The van der Waals surface area contributed by atoms with Crippen molar-refractivity contribution in [2.75, 3.05) is 13.1 Å². The van der Waals surface area contributed by atoms with E-state index in [4.69, 9.17) is 0 Å².